The molecule has 1 fully saturated rings. The molecule has 0 radical (unpaired) electrons. The Hall–Kier alpha value is -1.85. The van der Waals surface area contributed by atoms with Crippen LogP contribution in [0.3, 0.4) is 0 Å². The number of likely N-dealkylation sites (tertiary alicyclic amines) is 1. The van der Waals surface area contributed by atoms with Crippen LogP contribution in [-0.4, -0.2) is 36.5 Å². The Balaban J connectivity index is 1.87. The number of amides is 1. The third kappa shape index (κ3) is 4.10. The molecule has 1 unspecified atom stereocenters. The summed E-state index contributed by atoms with van der Waals surface area (Å²) in [4.78, 5) is 28.2. The summed E-state index contributed by atoms with van der Waals surface area (Å²) in [6.07, 6.45) is 1.99. The van der Waals surface area contributed by atoms with Gasteiger partial charge < -0.3 is 9.64 Å². The van der Waals surface area contributed by atoms with Crippen molar-refractivity contribution in [1.82, 2.24) is 4.90 Å². The smallest absolute Gasteiger partial charge is 0.314 e. The molecule has 6 heteroatoms. The molecule has 1 saturated heterocycles. The lowest BCUT2D eigenvalue weighted by Crippen LogP contribution is -2.51. The maximum absolute atomic E-state index is 12.9. The van der Waals surface area contributed by atoms with Crippen molar-refractivity contribution in [2.75, 3.05) is 19.7 Å². The summed E-state index contributed by atoms with van der Waals surface area (Å²) >= 11 is 7.54. The summed E-state index contributed by atoms with van der Waals surface area (Å²) in [5.74, 6) is -0.247. The van der Waals surface area contributed by atoms with Crippen LogP contribution in [0.4, 0.5) is 0 Å². The molecule has 1 aliphatic rings. The van der Waals surface area contributed by atoms with Crippen molar-refractivity contribution in [3.8, 4) is 0 Å². The van der Waals surface area contributed by atoms with E-state index < -0.39 is 5.41 Å². The summed E-state index contributed by atoms with van der Waals surface area (Å²) in [7, 11) is 0. The van der Waals surface area contributed by atoms with E-state index >= 15 is 0 Å². The Morgan fingerprint density at radius 2 is 2.15 bits per heavy atom. The third-order valence-electron chi connectivity index (χ3n) is 4.74. The molecular formula is C20H22ClNO3S. The monoisotopic (exact) mass is 391 g/mol. The van der Waals surface area contributed by atoms with E-state index in [4.69, 9.17) is 16.3 Å². The van der Waals surface area contributed by atoms with Crippen LogP contribution in [-0.2, 0) is 16.0 Å². The average molecular weight is 392 g/mol. The highest BCUT2D eigenvalue weighted by molar-refractivity contribution is 7.12. The van der Waals surface area contributed by atoms with E-state index in [9.17, 15) is 9.59 Å². The van der Waals surface area contributed by atoms with E-state index in [1.165, 1.54) is 11.3 Å². The van der Waals surface area contributed by atoms with Crippen molar-refractivity contribution in [1.29, 1.82) is 0 Å². The molecule has 2 aromatic rings. The maximum atomic E-state index is 12.9. The van der Waals surface area contributed by atoms with E-state index in [-0.39, 0.29) is 11.9 Å². The van der Waals surface area contributed by atoms with Crippen LogP contribution in [0.15, 0.2) is 41.8 Å². The van der Waals surface area contributed by atoms with Crippen LogP contribution in [0.25, 0.3) is 0 Å². The van der Waals surface area contributed by atoms with Gasteiger partial charge in [-0.3, -0.25) is 9.59 Å². The average Bonchev–Trinajstić information content (AvgIpc) is 3.16. The zero-order valence-electron chi connectivity index (χ0n) is 14.7. The van der Waals surface area contributed by atoms with Gasteiger partial charge in [0.25, 0.3) is 5.91 Å². The fourth-order valence-corrected chi connectivity index (χ4v) is 4.47. The molecule has 2 heterocycles. The number of carbonyl (C=O) groups excluding carboxylic acids is 2. The lowest BCUT2D eigenvalue weighted by Gasteiger charge is -2.41. The van der Waals surface area contributed by atoms with Crippen LogP contribution in [0, 0.1) is 5.41 Å². The standard InChI is InChI=1S/C20H22ClNO3S/c1-2-25-19(24)20(13-15-6-3-7-16(21)12-15)9-5-10-22(14-20)18(23)17-8-4-11-26-17/h3-4,6-8,11-12H,2,5,9-10,13-14H2,1H3. The number of piperidine rings is 1. The first kappa shape index (κ1) is 18.9. The van der Waals surface area contributed by atoms with E-state index in [0.29, 0.717) is 42.4 Å². The zero-order valence-corrected chi connectivity index (χ0v) is 16.3. The minimum absolute atomic E-state index is 0.0144. The SMILES string of the molecule is CCOC(=O)C1(Cc2cccc(Cl)c2)CCCN(C(=O)c2cccs2)C1. The number of halogens is 1. The van der Waals surface area contributed by atoms with Gasteiger partial charge in [-0.15, -0.1) is 11.3 Å². The second-order valence-electron chi connectivity index (χ2n) is 6.62. The van der Waals surface area contributed by atoms with Gasteiger partial charge in [0.15, 0.2) is 0 Å². The highest BCUT2D eigenvalue weighted by Gasteiger charge is 2.45. The number of rotatable bonds is 5. The normalized spacial score (nSPS) is 20.0. The summed E-state index contributed by atoms with van der Waals surface area (Å²) in [6.45, 7) is 3.17. The van der Waals surface area contributed by atoms with Gasteiger partial charge in [-0.2, -0.15) is 0 Å². The number of nitrogens with zero attached hydrogens (tertiary/aromatic N) is 1. The molecule has 1 amide bonds. The van der Waals surface area contributed by atoms with Gasteiger partial charge in [0, 0.05) is 18.1 Å². The molecule has 3 rings (SSSR count). The highest BCUT2D eigenvalue weighted by atomic mass is 35.5. The predicted molar refractivity (Wildman–Crippen MR) is 104 cm³/mol. The zero-order chi connectivity index (χ0) is 18.6. The quantitative estimate of drug-likeness (QED) is 0.708. The molecule has 4 nitrogen and oxygen atoms in total. The molecule has 0 aliphatic carbocycles. The van der Waals surface area contributed by atoms with Gasteiger partial charge in [-0.1, -0.05) is 29.8 Å². The molecular weight excluding hydrogens is 370 g/mol. The first-order valence-corrected chi connectivity index (χ1v) is 10.0. The largest absolute Gasteiger partial charge is 0.466 e. The van der Waals surface area contributed by atoms with Crippen LogP contribution < -0.4 is 0 Å². The number of benzene rings is 1. The third-order valence-corrected chi connectivity index (χ3v) is 5.83. The van der Waals surface area contributed by atoms with E-state index in [1.54, 1.807) is 4.90 Å². The molecule has 0 spiro atoms. The summed E-state index contributed by atoms with van der Waals surface area (Å²) in [6, 6.07) is 11.2. The van der Waals surface area contributed by atoms with Crippen molar-refractivity contribution >= 4 is 34.8 Å². The first-order valence-electron chi connectivity index (χ1n) is 8.78. The Kier molecular flexibility index (Phi) is 5.99. The molecule has 26 heavy (non-hydrogen) atoms. The fraction of sp³-hybridized carbons (Fsp3) is 0.400. The molecule has 1 atom stereocenters. The Morgan fingerprint density at radius 1 is 1.31 bits per heavy atom. The number of esters is 1. The van der Waals surface area contributed by atoms with Crippen molar-refractivity contribution in [3.05, 3.63) is 57.2 Å². The van der Waals surface area contributed by atoms with Crippen LogP contribution in [0.5, 0.6) is 0 Å². The molecule has 1 aromatic carbocycles. The van der Waals surface area contributed by atoms with Crippen molar-refractivity contribution in [2.24, 2.45) is 5.41 Å². The Morgan fingerprint density at radius 3 is 2.85 bits per heavy atom. The van der Waals surface area contributed by atoms with Crippen molar-refractivity contribution in [2.45, 2.75) is 26.2 Å². The van der Waals surface area contributed by atoms with E-state index in [2.05, 4.69) is 0 Å². The number of hydrogen-bond acceptors (Lipinski definition) is 4. The molecule has 0 N–H and O–H groups in total. The lowest BCUT2D eigenvalue weighted by atomic mass is 9.75. The molecule has 138 valence electrons. The fourth-order valence-electron chi connectivity index (χ4n) is 3.57. The van der Waals surface area contributed by atoms with Gasteiger partial charge in [0.05, 0.1) is 16.9 Å². The Bertz CT molecular complexity index is 777. The van der Waals surface area contributed by atoms with Crippen LogP contribution in [0.2, 0.25) is 5.02 Å². The van der Waals surface area contributed by atoms with Gasteiger partial charge >= 0.3 is 5.97 Å². The topological polar surface area (TPSA) is 46.6 Å². The summed E-state index contributed by atoms with van der Waals surface area (Å²) in [5.41, 5.74) is 0.252. The van der Waals surface area contributed by atoms with E-state index in [0.717, 1.165) is 12.0 Å². The molecule has 1 aromatic heterocycles. The minimum atomic E-state index is -0.730. The molecule has 0 saturated carbocycles. The van der Waals surface area contributed by atoms with Gasteiger partial charge in [0.2, 0.25) is 0 Å². The van der Waals surface area contributed by atoms with Gasteiger partial charge in [-0.25, -0.2) is 0 Å². The van der Waals surface area contributed by atoms with Gasteiger partial charge in [0.1, 0.15) is 0 Å². The van der Waals surface area contributed by atoms with Gasteiger partial charge in [-0.05, 0) is 55.3 Å². The van der Waals surface area contributed by atoms with Crippen molar-refractivity contribution < 1.29 is 14.3 Å². The number of ether oxygens (including phenoxy) is 1. The predicted octanol–water partition coefficient (Wildman–Crippen LogP) is 4.43. The lowest BCUT2D eigenvalue weighted by molar-refractivity contribution is -0.158. The second kappa shape index (κ2) is 8.23. The van der Waals surface area contributed by atoms with E-state index in [1.807, 2.05) is 48.7 Å². The number of hydrogen-bond donors (Lipinski definition) is 0. The van der Waals surface area contributed by atoms with Crippen LogP contribution >= 0.6 is 22.9 Å². The molecule has 0 bridgehead atoms. The van der Waals surface area contributed by atoms with Crippen molar-refractivity contribution in [3.63, 3.8) is 0 Å². The second-order valence-corrected chi connectivity index (χ2v) is 8.00. The summed E-state index contributed by atoms with van der Waals surface area (Å²) in [5, 5.41) is 2.53. The minimum Gasteiger partial charge on any atom is -0.466 e. The number of carbonyl (C=O) groups is 2. The first-order chi connectivity index (χ1) is 12.5. The maximum Gasteiger partial charge on any atom is 0.314 e. The Labute approximate surface area is 162 Å². The molecule has 1 aliphatic heterocycles. The summed E-state index contributed by atoms with van der Waals surface area (Å²) < 4.78 is 5.40. The van der Waals surface area contributed by atoms with Crippen LogP contribution in [0.1, 0.15) is 35.0 Å². The highest BCUT2D eigenvalue weighted by Crippen LogP contribution is 2.36. The number of thiophene rings is 1.